The molecule has 26 heavy (non-hydrogen) atoms. The molecule has 0 spiro atoms. The van der Waals surface area contributed by atoms with Crippen molar-refractivity contribution >= 4 is 35.0 Å². The van der Waals surface area contributed by atoms with Crippen LogP contribution in [0.2, 0.25) is 0 Å². The highest BCUT2D eigenvalue weighted by atomic mass is 32.1. The Hall–Kier alpha value is -2.87. The molecule has 0 radical (unpaired) electrons. The number of methoxy groups -OCH3 is 2. The van der Waals surface area contributed by atoms with Gasteiger partial charge in [0.05, 0.1) is 31.3 Å². The van der Waals surface area contributed by atoms with Crippen LogP contribution in [0.3, 0.4) is 0 Å². The first-order valence-electron chi connectivity index (χ1n) is 7.81. The number of thiocarbonyl (C=S) groups is 1. The third-order valence-corrected chi connectivity index (χ3v) is 4.16. The lowest BCUT2D eigenvalue weighted by molar-refractivity contribution is -0.137. The summed E-state index contributed by atoms with van der Waals surface area (Å²) in [6.07, 6.45) is 0. The van der Waals surface area contributed by atoms with Crippen molar-refractivity contribution in [2.24, 2.45) is 5.73 Å². The molecule has 2 rings (SSSR count). The number of ether oxygens (including phenoxy) is 2. The number of hydrogen-bond donors (Lipinski definition) is 3. The molecule has 1 heterocycles. The Kier molecular flexibility index (Phi) is 5.99. The molecule has 1 aromatic rings. The van der Waals surface area contributed by atoms with Gasteiger partial charge in [0.25, 0.3) is 0 Å². The zero-order valence-corrected chi connectivity index (χ0v) is 15.8. The standard InChI is InChI=1S/C18H21N3O4S/c1-9-13(16(22)24-3)15(14(10(2)20-9)17(23)25-4)11-6-5-7-12(8-11)21-18(19)26/h5-8,15,20H,1-4H3,(H3,19,21,26). The first-order valence-corrected chi connectivity index (χ1v) is 8.22. The monoisotopic (exact) mass is 375 g/mol. The van der Waals surface area contributed by atoms with Crippen molar-refractivity contribution in [2.75, 3.05) is 19.5 Å². The van der Waals surface area contributed by atoms with Crippen LogP contribution in [0.4, 0.5) is 5.69 Å². The van der Waals surface area contributed by atoms with Crippen molar-refractivity contribution in [3.05, 3.63) is 52.4 Å². The highest BCUT2D eigenvalue weighted by Crippen LogP contribution is 2.39. The van der Waals surface area contributed by atoms with Crippen molar-refractivity contribution in [3.63, 3.8) is 0 Å². The number of esters is 2. The fourth-order valence-corrected chi connectivity index (χ4v) is 3.14. The normalized spacial score (nSPS) is 14.6. The average Bonchev–Trinajstić information content (AvgIpc) is 2.59. The molecule has 0 amide bonds. The van der Waals surface area contributed by atoms with Crippen LogP contribution in [0.25, 0.3) is 0 Å². The molecule has 1 aliphatic rings. The Morgan fingerprint density at radius 1 is 1.12 bits per heavy atom. The Labute approximate surface area is 157 Å². The molecule has 4 N–H and O–H groups in total. The summed E-state index contributed by atoms with van der Waals surface area (Å²) < 4.78 is 9.87. The summed E-state index contributed by atoms with van der Waals surface area (Å²) in [4.78, 5) is 24.9. The van der Waals surface area contributed by atoms with Gasteiger partial charge in [0.2, 0.25) is 0 Å². The number of rotatable bonds is 4. The van der Waals surface area contributed by atoms with Gasteiger partial charge in [-0.25, -0.2) is 9.59 Å². The molecule has 8 heteroatoms. The summed E-state index contributed by atoms with van der Waals surface area (Å²) in [6.45, 7) is 3.52. The van der Waals surface area contributed by atoms with E-state index in [0.717, 1.165) is 0 Å². The van der Waals surface area contributed by atoms with E-state index >= 15 is 0 Å². The van der Waals surface area contributed by atoms with Crippen LogP contribution in [0, 0.1) is 0 Å². The van der Waals surface area contributed by atoms with Crippen molar-refractivity contribution in [1.29, 1.82) is 0 Å². The molecule has 1 aliphatic heterocycles. The van der Waals surface area contributed by atoms with E-state index in [1.807, 2.05) is 6.07 Å². The van der Waals surface area contributed by atoms with E-state index in [2.05, 4.69) is 10.6 Å². The van der Waals surface area contributed by atoms with Crippen molar-refractivity contribution in [1.82, 2.24) is 5.32 Å². The number of anilines is 1. The minimum absolute atomic E-state index is 0.118. The van der Waals surface area contributed by atoms with Gasteiger partial charge in [0.15, 0.2) is 5.11 Å². The van der Waals surface area contributed by atoms with Gasteiger partial charge in [-0.3, -0.25) is 0 Å². The van der Waals surface area contributed by atoms with Crippen LogP contribution in [0.1, 0.15) is 25.3 Å². The van der Waals surface area contributed by atoms with Gasteiger partial charge in [-0.05, 0) is 43.8 Å². The molecule has 7 nitrogen and oxygen atoms in total. The molecular formula is C18H21N3O4S. The van der Waals surface area contributed by atoms with E-state index in [0.29, 0.717) is 33.8 Å². The molecule has 0 bridgehead atoms. The van der Waals surface area contributed by atoms with Gasteiger partial charge in [-0.1, -0.05) is 12.1 Å². The van der Waals surface area contributed by atoms with Crippen LogP contribution in [0.15, 0.2) is 46.8 Å². The fourth-order valence-electron chi connectivity index (χ4n) is 3.03. The molecule has 0 atom stereocenters. The average molecular weight is 375 g/mol. The van der Waals surface area contributed by atoms with Crippen LogP contribution < -0.4 is 16.4 Å². The lowest BCUT2D eigenvalue weighted by Gasteiger charge is -2.30. The molecule has 0 aromatic heterocycles. The number of dihydropyridines is 1. The number of hydrogen-bond acceptors (Lipinski definition) is 6. The van der Waals surface area contributed by atoms with Crippen LogP contribution >= 0.6 is 12.2 Å². The maximum Gasteiger partial charge on any atom is 0.336 e. The number of nitrogens with two attached hydrogens (primary N) is 1. The van der Waals surface area contributed by atoms with E-state index in [9.17, 15) is 9.59 Å². The fraction of sp³-hybridized carbons (Fsp3) is 0.278. The SMILES string of the molecule is COC(=O)C1=C(C)NC(C)=C(C(=O)OC)C1c1cccc(NC(N)=S)c1. The maximum absolute atomic E-state index is 12.4. The number of carbonyl (C=O) groups excluding carboxylic acids is 2. The molecule has 138 valence electrons. The van der Waals surface area contributed by atoms with Crippen molar-refractivity contribution in [3.8, 4) is 0 Å². The maximum atomic E-state index is 12.4. The Morgan fingerprint density at radius 3 is 2.12 bits per heavy atom. The second-order valence-corrected chi connectivity index (χ2v) is 6.17. The predicted octanol–water partition coefficient (Wildman–Crippen LogP) is 1.92. The Bertz CT molecular complexity index is 791. The largest absolute Gasteiger partial charge is 0.466 e. The van der Waals surface area contributed by atoms with E-state index in [-0.39, 0.29) is 5.11 Å². The number of benzene rings is 1. The van der Waals surface area contributed by atoms with Crippen LogP contribution in [0.5, 0.6) is 0 Å². The van der Waals surface area contributed by atoms with E-state index in [1.54, 1.807) is 32.0 Å². The lowest BCUT2D eigenvalue weighted by Crippen LogP contribution is -2.32. The second kappa shape index (κ2) is 8.01. The quantitative estimate of drug-likeness (QED) is 0.542. The second-order valence-electron chi connectivity index (χ2n) is 5.73. The summed E-state index contributed by atoms with van der Waals surface area (Å²) in [6, 6.07) is 7.16. The number of allylic oxidation sites excluding steroid dienone is 2. The first-order chi connectivity index (χ1) is 12.3. The van der Waals surface area contributed by atoms with Gasteiger partial charge in [-0.15, -0.1) is 0 Å². The van der Waals surface area contributed by atoms with E-state index in [4.69, 9.17) is 27.4 Å². The van der Waals surface area contributed by atoms with Gasteiger partial charge < -0.3 is 25.8 Å². The zero-order chi connectivity index (χ0) is 19.4. The van der Waals surface area contributed by atoms with Gasteiger partial charge in [0, 0.05) is 17.1 Å². The highest BCUT2D eigenvalue weighted by molar-refractivity contribution is 7.80. The Balaban J connectivity index is 2.66. The Morgan fingerprint density at radius 2 is 1.65 bits per heavy atom. The molecular weight excluding hydrogens is 354 g/mol. The minimum Gasteiger partial charge on any atom is -0.466 e. The number of carbonyl (C=O) groups is 2. The topological polar surface area (TPSA) is 103 Å². The smallest absolute Gasteiger partial charge is 0.336 e. The molecule has 1 aromatic carbocycles. The molecule has 0 unspecified atom stereocenters. The van der Waals surface area contributed by atoms with E-state index in [1.165, 1.54) is 14.2 Å². The molecule has 0 saturated carbocycles. The van der Waals surface area contributed by atoms with E-state index < -0.39 is 17.9 Å². The third-order valence-electron chi connectivity index (χ3n) is 4.06. The minimum atomic E-state index is -0.649. The number of nitrogens with one attached hydrogen (secondary N) is 2. The predicted molar refractivity (Wildman–Crippen MR) is 102 cm³/mol. The summed E-state index contributed by atoms with van der Waals surface area (Å²) in [7, 11) is 2.60. The third kappa shape index (κ3) is 3.85. The highest BCUT2D eigenvalue weighted by Gasteiger charge is 2.37. The summed E-state index contributed by atoms with van der Waals surface area (Å²) in [5, 5.41) is 6.03. The molecule has 0 aliphatic carbocycles. The van der Waals surface area contributed by atoms with Gasteiger partial charge in [0.1, 0.15) is 0 Å². The zero-order valence-electron chi connectivity index (χ0n) is 15.0. The van der Waals surface area contributed by atoms with Gasteiger partial charge >= 0.3 is 11.9 Å². The molecule has 0 fully saturated rings. The molecule has 0 saturated heterocycles. The van der Waals surface area contributed by atoms with Crippen molar-refractivity contribution in [2.45, 2.75) is 19.8 Å². The van der Waals surface area contributed by atoms with Crippen LogP contribution in [-0.2, 0) is 19.1 Å². The lowest BCUT2D eigenvalue weighted by atomic mass is 9.80. The summed E-state index contributed by atoms with van der Waals surface area (Å²) >= 11 is 4.87. The van der Waals surface area contributed by atoms with Gasteiger partial charge in [-0.2, -0.15) is 0 Å². The first kappa shape index (κ1) is 19.5. The van der Waals surface area contributed by atoms with Crippen LogP contribution in [-0.4, -0.2) is 31.3 Å². The van der Waals surface area contributed by atoms with Crippen molar-refractivity contribution < 1.29 is 19.1 Å². The summed E-state index contributed by atoms with van der Waals surface area (Å²) in [5.74, 6) is -1.70. The summed E-state index contributed by atoms with van der Waals surface area (Å²) in [5.41, 5.74) is 8.79.